The average molecular weight is 366 g/mol. The monoisotopic (exact) mass is 366 g/mol. The molecule has 1 saturated heterocycles. The second-order valence-corrected chi connectivity index (χ2v) is 7.25. The summed E-state index contributed by atoms with van der Waals surface area (Å²) in [6.45, 7) is 8.47. The van der Waals surface area contributed by atoms with Crippen LogP contribution in [0.5, 0.6) is 5.75 Å². The number of nitrogens with one attached hydrogen (secondary N) is 1. The number of nitrogens with zero attached hydrogens (tertiary/aromatic N) is 1. The lowest BCUT2D eigenvalue weighted by Crippen LogP contribution is -2.33. The minimum absolute atomic E-state index is 0.00330. The van der Waals surface area contributed by atoms with Crippen LogP contribution >= 0.6 is 0 Å². The summed E-state index contributed by atoms with van der Waals surface area (Å²) in [6, 6.07) is 13.2. The summed E-state index contributed by atoms with van der Waals surface area (Å²) in [7, 11) is 0. The number of benzene rings is 2. The normalized spacial score (nSPS) is 16.7. The maximum atomic E-state index is 12.8. The Hall–Kier alpha value is -2.82. The zero-order chi connectivity index (χ0) is 19.6. The lowest BCUT2D eigenvalue weighted by molar-refractivity contribution is -0.129. The molecule has 5 nitrogen and oxygen atoms in total. The van der Waals surface area contributed by atoms with Crippen LogP contribution in [0.25, 0.3) is 0 Å². The van der Waals surface area contributed by atoms with Crippen molar-refractivity contribution in [2.24, 2.45) is 5.92 Å². The second kappa shape index (κ2) is 7.82. The molecule has 2 aromatic rings. The Bertz CT molecular complexity index is 860. The van der Waals surface area contributed by atoms with Gasteiger partial charge in [0, 0.05) is 12.2 Å². The molecule has 0 aliphatic carbocycles. The number of ether oxygens (including phenoxy) is 1. The molecule has 1 heterocycles. The van der Waals surface area contributed by atoms with Crippen molar-refractivity contribution in [2.75, 3.05) is 16.8 Å². The van der Waals surface area contributed by atoms with Crippen molar-refractivity contribution < 1.29 is 14.3 Å². The van der Waals surface area contributed by atoms with Gasteiger partial charge in [-0.2, -0.15) is 0 Å². The zero-order valence-electron chi connectivity index (χ0n) is 16.3. The Labute approximate surface area is 160 Å². The molecule has 1 aliphatic heterocycles. The van der Waals surface area contributed by atoms with Gasteiger partial charge in [-0.25, -0.2) is 0 Å². The first-order valence-electron chi connectivity index (χ1n) is 9.32. The van der Waals surface area contributed by atoms with Crippen LogP contribution in [0.2, 0.25) is 0 Å². The van der Waals surface area contributed by atoms with E-state index in [4.69, 9.17) is 4.74 Å². The van der Waals surface area contributed by atoms with Gasteiger partial charge in [0.2, 0.25) is 11.8 Å². The molecule has 0 saturated carbocycles. The Morgan fingerprint density at radius 1 is 1.15 bits per heavy atom. The Balaban J connectivity index is 1.73. The van der Waals surface area contributed by atoms with Crippen LogP contribution in [0.4, 0.5) is 11.4 Å². The van der Waals surface area contributed by atoms with E-state index in [1.54, 1.807) is 11.0 Å². The van der Waals surface area contributed by atoms with E-state index in [1.165, 1.54) is 5.56 Å². The molecule has 1 N–H and O–H groups in total. The van der Waals surface area contributed by atoms with E-state index in [-0.39, 0.29) is 17.9 Å². The summed E-state index contributed by atoms with van der Waals surface area (Å²) in [4.78, 5) is 27.3. The van der Waals surface area contributed by atoms with Crippen molar-refractivity contribution in [3.63, 3.8) is 0 Å². The molecule has 0 spiro atoms. The predicted octanol–water partition coefficient (Wildman–Crippen LogP) is 4.08. The number of hydrogen-bond acceptors (Lipinski definition) is 3. The number of carbonyl (C=O) groups is 2. The lowest BCUT2D eigenvalue weighted by atomic mass is 10.1. The minimum atomic E-state index is -0.682. The van der Waals surface area contributed by atoms with E-state index in [1.807, 2.05) is 64.1 Å². The van der Waals surface area contributed by atoms with Gasteiger partial charge < -0.3 is 15.0 Å². The highest BCUT2D eigenvalue weighted by atomic mass is 16.5. The Morgan fingerprint density at radius 3 is 2.59 bits per heavy atom. The van der Waals surface area contributed by atoms with Gasteiger partial charge in [0.05, 0.1) is 11.8 Å². The van der Waals surface area contributed by atoms with Gasteiger partial charge in [-0.15, -0.1) is 0 Å². The Kier molecular flexibility index (Phi) is 5.49. The third-order valence-corrected chi connectivity index (χ3v) is 4.83. The molecule has 2 aromatic carbocycles. The van der Waals surface area contributed by atoms with Crippen LogP contribution < -0.4 is 15.0 Å². The molecule has 27 heavy (non-hydrogen) atoms. The quantitative estimate of drug-likeness (QED) is 0.811. The van der Waals surface area contributed by atoms with Crippen molar-refractivity contribution in [2.45, 2.75) is 40.2 Å². The zero-order valence-corrected chi connectivity index (χ0v) is 16.3. The van der Waals surface area contributed by atoms with Crippen LogP contribution in [-0.4, -0.2) is 24.5 Å². The average Bonchev–Trinajstić information content (AvgIpc) is 3.00. The van der Waals surface area contributed by atoms with Gasteiger partial charge in [0.25, 0.3) is 0 Å². The van der Waals surface area contributed by atoms with Crippen LogP contribution in [-0.2, 0) is 9.59 Å². The first-order valence-corrected chi connectivity index (χ1v) is 9.32. The van der Waals surface area contributed by atoms with Gasteiger partial charge in [-0.05, 0) is 69.5 Å². The number of hydrogen-bond donors (Lipinski definition) is 1. The fraction of sp³-hybridized carbons (Fsp3) is 0.364. The van der Waals surface area contributed by atoms with Crippen molar-refractivity contribution in [1.29, 1.82) is 0 Å². The third-order valence-electron chi connectivity index (χ3n) is 4.83. The van der Waals surface area contributed by atoms with Crippen molar-refractivity contribution in [3.8, 4) is 5.75 Å². The summed E-state index contributed by atoms with van der Waals surface area (Å²) >= 11 is 0. The number of para-hydroxylation sites is 2. The molecule has 142 valence electrons. The first-order chi connectivity index (χ1) is 12.9. The summed E-state index contributed by atoms with van der Waals surface area (Å²) in [5, 5.41) is 2.87. The van der Waals surface area contributed by atoms with Gasteiger partial charge in [-0.1, -0.05) is 18.2 Å². The van der Waals surface area contributed by atoms with Crippen LogP contribution in [0, 0.1) is 19.8 Å². The molecule has 1 atom stereocenters. The molecular formula is C22H26N2O3. The van der Waals surface area contributed by atoms with E-state index in [2.05, 4.69) is 5.32 Å². The fourth-order valence-corrected chi connectivity index (χ4v) is 3.22. The highest BCUT2D eigenvalue weighted by molar-refractivity contribution is 6.13. The molecule has 1 unspecified atom stereocenters. The van der Waals surface area contributed by atoms with E-state index >= 15 is 0 Å². The van der Waals surface area contributed by atoms with E-state index in [0.717, 1.165) is 11.3 Å². The standard InChI is InChI=1S/C22H26N2O3/c1-14(2)27-20-8-6-5-7-19(20)23-21(25)18-11-12-24(22(18)26)17-10-9-15(3)16(4)13-17/h5-10,13-14,18H,11-12H2,1-4H3,(H,23,25). The molecule has 2 amide bonds. The molecule has 1 aliphatic rings. The highest BCUT2D eigenvalue weighted by Gasteiger charge is 2.37. The van der Waals surface area contributed by atoms with Crippen molar-refractivity contribution in [1.82, 2.24) is 0 Å². The van der Waals surface area contributed by atoms with Gasteiger partial charge in [-0.3, -0.25) is 9.59 Å². The summed E-state index contributed by atoms with van der Waals surface area (Å²) in [5.41, 5.74) is 3.75. The Morgan fingerprint density at radius 2 is 1.89 bits per heavy atom. The van der Waals surface area contributed by atoms with E-state index in [0.29, 0.717) is 24.4 Å². The predicted molar refractivity (Wildman–Crippen MR) is 107 cm³/mol. The number of amides is 2. The number of rotatable bonds is 5. The maximum absolute atomic E-state index is 12.8. The summed E-state index contributed by atoms with van der Waals surface area (Å²) in [6.07, 6.45) is 0.501. The molecule has 1 fully saturated rings. The van der Waals surface area contributed by atoms with Crippen molar-refractivity contribution in [3.05, 3.63) is 53.6 Å². The van der Waals surface area contributed by atoms with Crippen LogP contribution in [0.1, 0.15) is 31.4 Å². The van der Waals surface area contributed by atoms with Gasteiger partial charge in [0.15, 0.2) is 0 Å². The topological polar surface area (TPSA) is 58.6 Å². The van der Waals surface area contributed by atoms with Gasteiger partial charge >= 0.3 is 0 Å². The minimum Gasteiger partial charge on any atom is -0.489 e. The second-order valence-electron chi connectivity index (χ2n) is 7.25. The number of carbonyl (C=O) groups excluding carboxylic acids is 2. The fourth-order valence-electron chi connectivity index (χ4n) is 3.22. The highest BCUT2D eigenvalue weighted by Crippen LogP contribution is 2.30. The number of aryl methyl sites for hydroxylation is 2. The molecule has 0 radical (unpaired) electrons. The molecule has 3 rings (SSSR count). The smallest absolute Gasteiger partial charge is 0.239 e. The van der Waals surface area contributed by atoms with Crippen LogP contribution in [0.3, 0.4) is 0 Å². The van der Waals surface area contributed by atoms with E-state index in [9.17, 15) is 9.59 Å². The third kappa shape index (κ3) is 4.13. The lowest BCUT2D eigenvalue weighted by Gasteiger charge is -2.19. The summed E-state index contributed by atoms with van der Waals surface area (Å²) in [5.74, 6) is -0.514. The maximum Gasteiger partial charge on any atom is 0.239 e. The first kappa shape index (κ1) is 19.0. The summed E-state index contributed by atoms with van der Waals surface area (Å²) < 4.78 is 5.74. The van der Waals surface area contributed by atoms with Gasteiger partial charge in [0.1, 0.15) is 11.7 Å². The largest absolute Gasteiger partial charge is 0.489 e. The SMILES string of the molecule is Cc1ccc(N2CCC(C(=O)Nc3ccccc3OC(C)C)C2=O)cc1C. The molecular weight excluding hydrogens is 340 g/mol. The molecule has 0 bridgehead atoms. The number of anilines is 2. The van der Waals surface area contributed by atoms with E-state index < -0.39 is 5.92 Å². The molecule has 5 heteroatoms. The molecule has 0 aromatic heterocycles. The van der Waals surface area contributed by atoms with Crippen LogP contribution in [0.15, 0.2) is 42.5 Å². The van der Waals surface area contributed by atoms with Crippen molar-refractivity contribution >= 4 is 23.2 Å².